The maximum atomic E-state index is 15.2. The summed E-state index contributed by atoms with van der Waals surface area (Å²) in [5.74, 6) is -1.29. The van der Waals surface area contributed by atoms with E-state index < -0.39 is 30.1 Å². The van der Waals surface area contributed by atoms with Crippen LogP contribution < -0.4 is 0 Å². The fraction of sp³-hybridized carbons (Fsp3) is 0.647. The summed E-state index contributed by atoms with van der Waals surface area (Å²) in [6, 6.07) is 3.53. The SMILES string of the molecule is C/C(=C\c1cc(F)c2nnn(C3CCCCC3)c2c1)[C@H]1OC(=O)C[C@H](O)CC[C@H](C)[C@@H](OC(=O)N2CCN(C)CC2)/C=C\[C@@H]1C. The van der Waals surface area contributed by atoms with Gasteiger partial charge in [0.05, 0.1) is 24.1 Å². The summed E-state index contributed by atoms with van der Waals surface area (Å²) in [6.45, 7) is 8.60. The van der Waals surface area contributed by atoms with Crippen LogP contribution in [0, 0.1) is 17.7 Å². The quantitative estimate of drug-likeness (QED) is 0.350. The monoisotopic (exact) mass is 625 g/mol. The third-order valence-electron chi connectivity index (χ3n) is 9.57. The van der Waals surface area contributed by atoms with Gasteiger partial charge in [-0.15, -0.1) is 5.10 Å². The van der Waals surface area contributed by atoms with Gasteiger partial charge in [-0.05, 0) is 74.9 Å². The van der Waals surface area contributed by atoms with Crippen molar-refractivity contribution >= 4 is 29.2 Å². The lowest BCUT2D eigenvalue weighted by Crippen LogP contribution is -2.48. The highest BCUT2D eigenvalue weighted by Gasteiger charge is 2.29. The number of likely N-dealkylation sites (N-methyl/N-ethyl adjacent to an activating group) is 1. The average molecular weight is 626 g/mol. The molecule has 5 rings (SSSR count). The number of aromatic nitrogens is 3. The van der Waals surface area contributed by atoms with E-state index in [0.29, 0.717) is 37.0 Å². The van der Waals surface area contributed by atoms with E-state index in [2.05, 4.69) is 15.2 Å². The summed E-state index contributed by atoms with van der Waals surface area (Å²) in [5.41, 5.74) is 2.26. The number of carbonyl (C=O) groups is 2. The zero-order valence-electron chi connectivity index (χ0n) is 27.0. The number of halogens is 1. The number of fused-ring (bicyclic) bond motifs is 1. The highest BCUT2D eigenvalue weighted by Crippen LogP contribution is 2.32. The van der Waals surface area contributed by atoms with Gasteiger partial charge in [0.2, 0.25) is 0 Å². The first kappa shape index (κ1) is 33.1. The fourth-order valence-electron chi connectivity index (χ4n) is 6.67. The van der Waals surface area contributed by atoms with Gasteiger partial charge in [-0.3, -0.25) is 4.79 Å². The average Bonchev–Trinajstić information content (AvgIpc) is 3.45. The van der Waals surface area contributed by atoms with E-state index in [0.717, 1.165) is 44.3 Å². The summed E-state index contributed by atoms with van der Waals surface area (Å²) in [7, 11) is 2.03. The summed E-state index contributed by atoms with van der Waals surface area (Å²) < 4.78 is 29.0. The molecule has 3 aliphatic rings. The molecular formula is C34H48FN5O5. The lowest BCUT2D eigenvalue weighted by atomic mass is 9.91. The van der Waals surface area contributed by atoms with E-state index in [4.69, 9.17) is 9.47 Å². The van der Waals surface area contributed by atoms with Gasteiger partial charge in [-0.2, -0.15) is 0 Å². The Morgan fingerprint density at radius 2 is 1.80 bits per heavy atom. The number of rotatable bonds is 4. The molecule has 0 radical (unpaired) electrons. The lowest BCUT2D eigenvalue weighted by Gasteiger charge is -2.33. The number of ether oxygens (including phenoxy) is 2. The molecule has 5 atom stereocenters. The zero-order chi connectivity index (χ0) is 32.1. The molecule has 1 saturated carbocycles. The van der Waals surface area contributed by atoms with Crippen LogP contribution >= 0.6 is 0 Å². The van der Waals surface area contributed by atoms with Crippen molar-refractivity contribution in [3.8, 4) is 0 Å². The summed E-state index contributed by atoms with van der Waals surface area (Å²) in [4.78, 5) is 29.9. The molecule has 1 saturated heterocycles. The number of hydrogen-bond acceptors (Lipinski definition) is 8. The highest BCUT2D eigenvalue weighted by molar-refractivity contribution is 5.79. The molecule has 0 unspecified atom stereocenters. The molecule has 0 spiro atoms. The van der Waals surface area contributed by atoms with Crippen molar-refractivity contribution in [3.63, 3.8) is 0 Å². The zero-order valence-corrected chi connectivity index (χ0v) is 27.0. The Kier molecular flexibility index (Phi) is 10.9. The van der Waals surface area contributed by atoms with Crippen LogP contribution in [-0.2, 0) is 14.3 Å². The molecule has 3 heterocycles. The molecular weight excluding hydrogens is 577 g/mol. The van der Waals surface area contributed by atoms with Crippen molar-refractivity contribution in [1.29, 1.82) is 0 Å². The van der Waals surface area contributed by atoms with Crippen LogP contribution in [0.15, 0.2) is 29.9 Å². The van der Waals surface area contributed by atoms with Gasteiger partial charge in [-0.1, -0.05) is 50.5 Å². The Morgan fingerprint density at radius 1 is 1.07 bits per heavy atom. The smallest absolute Gasteiger partial charge is 0.410 e. The van der Waals surface area contributed by atoms with Crippen molar-refractivity contribution in [2.24, 2.45) is 11.8 Å². The number of piperazine rings is 1. The first-order valence-electron chi connectivity index (χ1n) is 16.5. The first-order chi connectivity index (χ1) is 21.6. The number of nitrogens with zero attached hydrogens (tertiary/aromatic N) is 5. The number of carbonyl (C=O) groups excluding carboxylic acids is 2. The fourth-order valence-corrected chi connectivity index (χ4v) is 6.67. The molecule has 2 aliphatic heterocycles. The Bertz CT molecular complexity index is 1390. The molecule has 2 aromatic rings. The number of benzene rings is 1. The molecule has 1 aromatic carbocycles. The number of esters is 1. The van der Waals surface area contributed by atoms with Crippen molar-refractivity contribution in [1.82, 2.24) is 24.8 Å². The van der Waals surface area contributed by atoms with Gasteiger partial charge >= 0.3 is 12.1 Å². The van der Waals surface area contributed by atoms with Crippen LogP contribution in [0.1, 0.15) is 83.7 Å². The topological polar surface area (TPSA) is 110 Å². The Labute approximate surface area is 265 Å². The molecule has 1 aliphatic carbocycles. The van der Waals surface area contributed by atoms with Crippen LogP contribution in [-0.4, -0.2) is 93.5 Å². The van der Waals surface area contributed by atoms with Gasteiger partial charge in [0.15, 0.2) is 5.82 Å². The number of hydrogen-bond donors (Lipinski definition) is 1. The highest BCUT2D eigenvalue weighted by atomic mass is 19.1. The van der Waals surface area contributed by atoms with E-state index in [1.54, 1.807) is 4.90 Å². The van der Waals surface area contributed by atoms with E-state index in [1.807, 2.05) is 56.8 Å². The third kappa shape index (κ3) is 8.30. The normalized spacial score (nSPS) is 29.1. The van der Waals surface area contributed by atoms with Gasteiger partial charge in [0, 0.05) is 32.1 Å². The Morgan fingerprint density at radius 3 is 2.53 bits per heavy atom. The van der Waals surface area contributed by atoms with Crippen molar-refractivity contribution in [2.75, 3.05) is 33.2 Å². The van der Waals surface area contributed by atoms with Crippen molar-refractivity contribution in [3.05, 3.63) is 41.2 Å². The maximum Gasteiger partial charge on any atom is 0.410 e. The van der Waals surface area contributed by atoms with Crippen molar-refractivity contribution < 1.29 is 28.6 Å². The van der Waals surface area contributed by atoms with E-state index in [1.165, 1.54) is 12.5 Å². The number of aliphatic hydroxyl groups excluding tert-OH is 1. The van der Waals surface area contributed by atoms with Gasteiger partial charge in [0.25, 0.3) is 0 Å². The second kappa shape index (κ2) is 14.9. The minimum Gasteiger partial charge on any atom is -0.457 e. The standard InChI is InChI=1S/C34H48FN5O5/c1-22-10-12-27(41)21-31(42)45-33(23(2)11-13-30(22)44-34(43)39-16-14-38(4)15-17-39)24(3)18-25-19-28(35)32-29(20-25)40(37-36-32)26-8-6-5-7-9-26/h11,13,18-20,22-23,26-27,30,33,41H,5-10,12,14-17,21H2,1-4H3/b13-11-,24-18+/t22-,23-,27+,30-,33-/m0/s1. The second-order valence-corrected chi connectivity index (χ2v) is 13.3. The minimum atomic E-state index is -0.873. The summed E-state index contributed by atoms with van der Waals surface area (Å²) in [5, 5.41) is 19.1. The Hall–Kier alpha value is -3.31. The van der Waals surface area contributed by atoms with Crippen LogP contribution in [0.3, 0.4) is 0 Å². The molecule has 1 amide bonds. The number of cyclic esters (lactones) is 1. The van der Waals surface area contributed by atoms with Gasteiger partial charge in [0.1, 0.15) is 17.7 Å². The van der Waals surface area contributed by atoms with Crippen LogP contribution in [0.2, 0.25) is 0 Å². The largest absolute Gasteiger partial charge is 0.457 e. The maximum absolute atomic E-state index is 15.2. The molecule has 10 nitrogen and oxygen atoms in total. The molecule has 1 aromatic heterocycles. The second-order valence-electron chi connectivity index (χ2n) is 13.3. The molecule has 2 fully saturated rings. The van der Waals surface area contributed by atoms with E-state index in [9.17, 15) is 14.7 Å². The Balaban J connectivity index is 1.40. The molecule has 246 valence electrons. The van der Waals surface area contributed by atoms with Crippen molar-refractivity contribution in [2.45, 2.75) is 96.5 Å². The third-order valence-corrected chi connectivity index (χ3v) is 9.57. The first-order valence-corrected chi connectivity index (χ1v) is 16.5. The summed E-state index contributed by atoms with van der Waals surface area (Å²) in [6.07, 6.45) is 9.50. The number of aliphatic hydroxyl groups is 1. The molecule has 45 heavy (non-hydrogen) atoms. The van der Waals surface area contributed by atoms with Crippen LogP contribution in [0.4, 0.5) is 9.18 Å². The van der Waals surface area contributed by atoms with Crippen LogP contribution in [0.25, 0.3) is 17.1 Å². The predicted octanol–water partition coefficient (Wildman–Crippen LogP) is 5.52. The van der Waals surface area contributed by atoms with Gasteiger partial charge < -0.3 is 24.4 Å². The van der Waals surface area contributed by atoms with E-state index >= 15 is 4.39 Å². The van der Waals surface area contributed by atoms with Gasteiger partial charge in [-0.25, -0.2) is 13.9 Å². The lowest BCUT2D eigenvalue weighted by molar-refractivity contribution is -0.151. The van der Waals surface area contributed by atoms with Crippen LogP contribution in [0.5, 0.6) is 0 Å². The molecule has 1 N–H and O–H groups in total. The summed E-state index contributed by atoms with van der Waals surface area (Å²) >= 11 is 0. The molecule has 11 heteroatoms. The van der Waals surface area contributed by atoms with E-state index in [-0.39, 0.29) is 35.9 Å². The predicted molar refractivity (Wildman–Crippen MR) is 170 cm³/mol. The minimum absolute atomic E-state index is 0.0672. The molecule has 0 bridgehead atoms. The number of amides is 1.